The minimum absolute atomic E-state index is 0. The maximum absolute atomic E-state index is 13.1. The molecule has 5 aromatic carbocycles. The molecule has 5 aromatic rings. The molecule has 33 heteroatoms. The van der Waals surface area contributed by atoms with Gasteiger partial charge in [-0.3, -0.25) is 28.9 Å². The fourth-order valence-electron chi connectivity index (χ4n) is 27.3. The SMILES string of the molecule is BrBr.COc1cc(Br)c2c(c1O)[C@@]13CCN(C)C(C2)C1CC(OC)C(=O)C3Br.COc1cc(Br)c2c3c1O[C@@H]1C(=O)C(OC)CC4C(C2)N(C)CC[C@]341.COc1cc(Br)c2c3c1O[C@@H]1C(=O)C=CC4C(C2)N(C)CC[C@]341.COc1cc(Br)c2c3c1O[C@@H]1C(OC(C)=O)=CC=C4C(C2)N(C)CC[C@@]431.COc1ccc2c(c1O)[C@@]13CCN(C)C(C2)C1CC(OC)C(=O)C3.[Na+].[OH-]. The van der Waals surface area contributed by atoms with Crippen molar-refractivity contribution in [1.29, 1.82) is 0 Å². The first-order valence-electron chi connectivity index (χ1n) is 43.4. The molecule has 684 valence electrons. The Morgan fingerprint density at radius 1 is 0.484 bits per heavy atom. The number of methoxy groups -OCH3 is 8. The predicted molar refractivity (Wildman–Crippen MR) is 499 cm³/mol. The zero-order chi connectivity index (χ0) is 89.5. The number of carbonyl (C=O) groups excluding carboxylic acids is 5. The van der Waals surface area contributed by atoms with Crippen molar-refractivity contribution in [3.05, 3.63) is 146 Å². The number of likely N-dealkylation sites (N-methyl/N-ethyl adjacent to an activating group) is 5. The number of aromatic hydroxyl groups is 2. The smallest absolute Gasteiger partial charge is 0.870 e. The largest absolute Gasteiger partial charge is 1.00 e. The molecule has 0 radical (unpaired) electrons. The standard InChI is InChI=1S/C20H20BrNO4.C19H23Br2NO4.C19H22BrNO4.C19H25NO4.C18H18BrNO3.Br2.Na.H2O/c1-10(23)25-15-5-4-12-14-8-11-13(21)9-16(24-3)18-17(11)20(12,19(15)26-18)6-7-22(14)2;1-22-5-4-19-10(7-13(25-2)17(24)18(19)21)12(22)6-9-11(20)8-14(26-3)16(23)15(9)19;1-21-5-4-19-10-7-13(23-2)16(22)18(19)25-17-14(24-3)8-11(20)9(15(17)19)6-12(10)21;1-20-7-6-19-10-14(21)16(24-3)9-12(19)13(20)8-11-4-5-15(23-2)18(22)17(11)19;1-20-6-5-18-10-3-4-13(21)17(18)23-16-14(22-2)8-11(19)9(15(16)18)7-12(10)20;1-2;;/h4-5,9,14,19H,6-8H2,1-3H3;8,10,12-13,18,23H,4-7H2,1-3H3;8,10,12-13,18H,4-7H2,1-3H3;4-5,12-13,16,22H,6-10H2,1-3H3;3-4,8,10,12,17H,5-7H2,1-2H3;;;1H2/q;;;;;;+1;/p-1/t14?,19-,20-;10?,12?,13?,18?,19-;10?,12?,13?,18-,19-;12?,13?,16?,19-;10?,12?,17-,18-;;;/m11111.../s1. The van der Waals surface area contributed by atoms with Crippen LogP contribution in [-0.2, 0) is 102 Å². The summed E-state index contributed by atoms with van der Waals surface area (Å²) >= 11 is 24.1. The van der Waals surface area contributed by atoms with Gasteiger partial charge in [-0.15, -0.1) is 0 Å². The zero-order valence-corrected chi connectivity index (χ0v) is 87.7. The molecule has 8 aliphatic heterocycles. The van der Waals surface area contributed by atoms with E-state index < -0.39 is 23.7 Å². The van der Waals surface area contributed by atoms with Crippen LogP contribution in [0.15, 0.2) is 89.9 Å². The number of rotatable bonds is 9. The third kappa shape index (κ3) is 14.1. The van der Waals surface area contributed by atoms with E-state index in [1.807, 2.05) is 36.4 Å². The molecule has 3 spiro atoms. The quantitative estimate of drug-likeness (QED) is 0.0788. The Morgan fingerprint density at radius 2 is 0.938 bits per heavy atom. The molecule has 0 aromatic heterocycles. The van der Waals surface area contributed by atoms with E-state index in [0.717, 1.165) is 179 Å². The molecule has 3 N–H and O–H groups in total. The minimum Gasteiger partial charge on any atom is -0.870 e. The Labute approximate surface area is 826 Å². The van der Waals surface area contributed by atoms with Gasteiger partial charge < -0.3 is 92.1 Å². The van der Waals surface area contributed by atoms with Crippen molar-refractivity contribution in [1.82, 2.24) is 24.5 Å². The minimum atomic E-state index is -0.454. The van der Waals surface area contributed by atoms with Crippen molar-refractivity contribution < 1.29 is 126 Å². The second-order valence-electron chi connectivity index (χ2n) is 37.4. The molecule has 8 fully saturated rings. The molecule has 8 heterocycles. The summed E-state index contributed by atoms with van der Waals surface area (Å²) in [4.78, 5) is 74.8. The van der Waals surface area contributed by atoms with E-state index in [-0.39, 0.29) is 126 Å². The third-order valence-electron chi connectivity index (χ3n) is 32.9. The zero-order valence-electron chi connectivity index (χ0n) is 74.6. The molecular weight excluding hydrogens is 2110 g/mol. The molecule has 18 aliphatic rings. The molecule has 10 bridgehead atoms. The second-order valence-corrected chi connectivity index (χ2v) is 41.8. The molecule has 10 aliphatic carbocycles. The number of alkyl halides is 1. The monoisotopic (exact) mass is 2220 g/mol. The van der Waals surface area contributed by atoms with Crippen molar-refractivity contribution in [2.45, 2.75) is 196 Å². The van der Waals surface area contributed by atoms with Crippen LogP contribution < -0.4 is 67.5 Å². The summed E-state index contributed by atoms with van der Waals surface area (Å²) in [5.41, 5.74) is 11.5. The number of ketones is 4. The molecular formula is C95H109Br7N5NaO20. The number of nitrogens with zero attached hydrogens (tertiary/aromatic N) is 5. The summed E-state index contributed by atoms with van der Waals surface area (Å²) in [5, 5.41) is 21.9. The first-order valence-corrected chi connectivity index (χ1v) is 51.2. The number of hydrogen-bond donors (Lipinski definition) is 2. The van der Waals surface area contributed by atoms with Crippen molar-refractivity contribution in [2.24, 2.45) is 23.7 Å². The van der Waals surface area contributed by atoms with Crippen LogP contribution in [0.25, 0.3) is 0 Å². The third-order valence-corrected chi connectivity index (χ3v) is 37.0. The van der Waals surface area contributed by atoms with Crippen molar-refractivity contribution in [3.8, 4) is 57.5 Å². The van der Waals surface area contributed by atoms with Gasteiger partial charge in [0.1, 0.15) is 24.1 Å². The maximum atomic E-state index is 13.1. The number of benzene rings is 5. The molecule has 0 amide bonds. The summed E-state index contributed by atoms with van der Waals surface area (Å²) in [6, 6.07) is 13.5. The Bertz CT molecular complexity index is 5450. The number of halogens is 7. The number of carbonyl (C=O) groups is 5. The van der Waals surface area contributed by atoms with Crippen LogP contribution in [0, 0.1) is 23.7 Å². The number of esters is 1. The van der Waals surface area contributed by atoms with E-state index in [2.05, 4.69) is 186 Å². The summed E-state index contributed by atoms with van der Waals surface area (Å²) in [5.74, 6) is 7.80. The number of piperidine rings is 5. The van der Waals surface area contributed by atoms with Gasteiger partial charge in [0.2, 0.25) is 5.78 Å². The van der Waals surface area contributed by atoms with E-state index in [9.17, 15) is 34.2 Å². The van der Waals surface area contributed by atoms with Gasteiger partial charge in [0.25, 0.3) is 0 Å². The Hall–Kier alpha value is -4.53. The summed E-state index contributed by atoms with van der Waals surface area (Å²) in [7, 11) is 23.9. The number of phenolic OH excluding ortho intramolecular Hbond substituents is 2. The molecule has 5 saturated heterocycles. The first-order chi connectivity index (χ1) is 60.4. The Morgan fingerprint density at radius 3 is 1.51 bits per heavy atom. The fraction of sp³-hybridized carbons (Fsp3) is 0.568. The Balaban J connectivity index is 0.000000116. The van der Waals surface area contributed by atoms with Crippen LogP contribution in [0.5, 0.6) is 57.5 Å². The normalized spacial score (nSPS) is 34.4. The second kappa shape index (κ2) is 36.5. The Kier molecular flexibility index (Phi) is 27.6. The van der Waals surface area contributed by atoms with Crippen LogP contribution >= 0.6 is 108 Å². The number of likely N-dealkylation sites (tertiary alicyclic amines) is 5. The average Bonchev–Trinajstić information content (AvgIpc) is 1.69. The van der Waals surface area contributed by atoms with Gasteiger partial charge in [-0.25, -0.2) is 0 Å². The van der Waals surface area contributed by atoms with Gasteiger partial charge in [-0.1, -0.05) is 97.9 Å². The van der Waals surface area contributed by atoms with Gasteiger partial charge in [0.05, 0.1) is 51.2 Å². The molecule has 23 rings (SSSR count). The number of hydrogen-bond acceptors (Lipinski definition) is 25. The molecule has 13 unspecified atom stereocenters. The molecule has 21 atom stereocenters. The van der Waals surface area contributed by atoms with Crippen LogP contribution in [0.3, 0.4) is 0 Å². The van der Waals surface area contributed by atoms with Crippen LogP contribution in [0.1, 0.15) is 120 Å². The summed E-state index contributed by atoms with van der Waals surface area (Å²) in [6.45, 7) is 6.23. The van der Waals surface area contributed by atoms with Crippen molar-refractivity contribution in [3.63, 3.8) is 0 Å². The number of allylic oxidation sites excluding steroid dienone is 2. The van der Waals surface area contributed by atoms with Gasteiger partial charge in [-0.2, -0.15) is 0 Å². The van der Waals surface area contributed by atoms with Gasteiger partial charge in [0.15, 0.2) is 93.2 Å². The molecule has 3 saturated carbocycles. The predicted octanol–water partition coefficient (Wildman–Crippen LogP) is 11.3. The van der Waals surface area contributed by atoms with Crippen molar-refractivity contribution in [2.75, 3.05) is 125 Å². The first kappa shape index (κ1) is 96.6. The van der Waals surface area contributed by atoms with E-state index in [0.29, 0.717) is 83.8 Å². The van der Waals surface area contributed by atoms with Crippen LogP contribution in [0.4, 0.5) is 0 Å². The van der Waals surface area contributed by atoms with Gasteiger partial charge in [0, 0.05) is 161 Å². The summed E-state index contributed by atoms with van der Waals surface area (Å²) in [6.07, 6.45) is 17.4. The van der Waals surface area contributed by atoms with E-state index in [1.165, 1.54) is 45.9 Å². The van der Waals surface area contributed by atoms with Crippen molar-refractivity contribution >= 4 is 137 Å². The number of fused-ring (bicyclic) bond motifs is 2. The fourth-order valence-corrected chi connectivity index (χ4v) is 30.6. The average molecular weight is 2220 g/mol. The van der Waals surface area contributed by atoms with Gasteiger partial charge in [-0.05, 0) is 245 Å². The number of ether oxygens (including phenoxy) is 12. The molecule has 25 nitrogen and oxygen atoms in total. The van der Waals surface area contributed by atoms with E-state index in [1.54, 1.807) is 63.0 Å². The van der Waals surface area contributed by atoms with E-state index in [4.69, 9.17) is 56.8 Å². The molecule has 128 heavy (non-hydrogen) atoms. The van der Waals surface area contributed by atoms with Crippen LogP contribution in [0.2, 0.25) is 0 Å². The maximum Gasteiger partial charge on any atom is 1.00 e. The number of Topliss-reactive ketones (excluding diaryl/α,β-unsaturated/α-hetero) is 3. The topological polar surface area (TPSA) is 283 Å². The number of phenols is 2. The van der Waals surface area contributed by atoms with E-state index >= 15 is 0 Å². The van der Waals surface area contributed by atoms with Crippen LogP contribution in [-0.4, -0.2) is 266 Å². The summed E-state index contributed by atoms with van der Waals surface area (Å²) < 4.78 is 72.7. The van der Waals surface area contributed by atoms with Gasteiger partial charge >= 0.3 is 35.5 Å².